The number of amides is 1. The second-order valence-electron chi connectivity index (χ2n) is 4.98. The maximum atomic E-state index is 14.2. The number of carbonyl (C=O) groups is 1. The molecule has 2 rings (SSSR count). The van der Waals surface area contributed by atoms with Crippen LogP contribution in [0.1, 0.15) is 31.4 Å². The normalized spacial score (nSPS) is 16.1. The first-order valence-corrected chi connectivity index (χ1v) is 7.40. The van der Waals surface area contributed by atoms with Crippen LogP contribution >= 0.6 is 11.6 Å². The number of likely N-dealkylation sites (tertiary alicyclic amines) is 1. The fourth-order valence-corrected chi connectivity index (χ4v) is 2.93. The largest absolute Gasteiger partial charge is 0.343 e. The molecule has 1 unspecified atom stereocenters. The fourth-order valence-electron chi connectivity index (χ4n) is 2.64. The van der Waals surface area contributed by atoms with E-state index >= 15 is 0 Å². The highest BCUT2D eigenvalue weighted by atomic mass is 35.5. The van der Waals surface area contributed by atoms with Gasteiger partial charge in [0.1, 0.15) is 5.82 Å². The fraction of sp³-hybridized carbons (Fsp3) is 0.438. The van der Waals surface area contributed by atoms with Gasteiger partial charge in [-0.3, -0.25) is 9.69 Å². The number of nitrogens with zero attached hydrogens (tertiary/aromatic N) is 1. The van der Waals surface area contributed by atoms with Gasteiger partial charge < -0.3 is 5.32 Å². The van der Waals surface area contributed by atoms with Crippen molar-refractivity contribution in [1.82, 2.24) is 10.2 Å². The van der Waals surface area contributed by atoms with Gasteiger partial charge in [-0.2, -0.15) is 0 Å². The SMILES string of the molecule is CC#CC(=O)NCC(c1c(F)cccc1Cl)N1CCCC1. The average Bonchev–Trinajstić information content (AvgIpc) is 2.96. The number of rotatable bonds is 4. The van der Waals surface area contributed by atoms with Crippen LogP contribution in [0.5, 0.6) is 0 Å². The molecule has 1 aromatic carbocycles. The third-order valence-electron chi connectivity index (χ3n) is 3.61. The first kappa shape index (κ1) is 15.8. The van der Waals surface area contributed by atoms with E-state index in [1.165, 1.54) is 6.07 Å². The number of hydrogen-bond donors (Lipinski definition) is 1. The van der Waals surface area contributed by atoms with Crippen molar-refractivity contribution in [2.24, 2.45) is 0 Å². The van der Waals surface area contributed by atoms with Gasteiger partial charge in [0.25, 0.3) is 5.91 Å². The van der Waals surface area contributed by atoms with E-state index in [9.17, 15) is 9.18 Å². The Morgan fingerprint density at radius 3 is 2.81 bits per heavy atom. The molecule has 0 bridgehead atoms. The predicted molar refractivity (Wildman–Crippen MR) is 81.4 cm³/mol. The van der Waals surface area contributed by atoms with Crippen LogP contribution in [-0.2, 0) is 4.79 Å². The topological polar surface area (TPSA) is 32.3 Å². The summed E-state index contributed by atoms with van der Waals surface area (Å²) in [6.07, 6.45) is 2.15. The first-order chi connectivity index (χ1) is 10.1. The molecule has 1 aromatic rings. The Hall–Kier alpha value is -1.57. The van der Waals surface area contributed by atoms with Gasteiger partial charge in [-0.1, -0.05) is 23.6 Å². The second-order valence-corrected chi connectivity index (χ2v) is 5.39. The molecule has 1 aliphatic rings. The van der Waals surface area contributed by atoms with Gasteiger partial charge in [0, 0.05) is 17.1 Å². The Balaban J connectivity index is 2.23. The summed E-state index contributed by atoms with van der Waals surface area (Å²) >= 11 is 6.17. The smallest absolute Gasteiger partial charge is 0.295 e. The molecule has 1 fully saturated rings. The van der Waals surface area contributed by atoms with Crippen LogP contribution in [0.15, 0.2) is 18.2 Å². The standard InChI is InChI=1S/C16H18ClFN2O/c1-2-6-15(21)19-11-14(20-9-3-4-10-20)16-12(17)7-5-8-13(16)18/h5,7-8,14H,3-4,9-11H2,1H3,(H,19,21). The van der Waals surface area contributed by atoms with Crippen LogP contribution in [-0.4, -0.2) is 30.4 Å². The van der Waals surface area contributed by atoms with Crippen molar-refractivity contribution in [2.45, 2.75) is 25.8 Å². The molecule has 1 aliphatic heterocycles. The third-order valence-corrected chi connectivity index (χ3v) is 3.94. The second kappa shape index (κ2) is 7.44. The van der Waals surface area contributed by atoms with Crippen LogP contribution < -0.4 is 5.32 Å². The quantitative estimate of drug-likeness (QED) is 0.868. The summed E-state index contributed by atoms with van der Waals surface area (Å²) in [4.78, 5) is 13.7. The molecule has 1 amide bonds. The number of benzene rings is 1. The summed E-state index contributed by atoms with van der Waals surface area (Å²) in [6.45, 7) is 3.66. The van der Waals surface area contributed by atoms with Crippen molar-refractivity contribution >= 4 is 17.5 Å². The van der Waals surface area contributed by atoms with Crippen molar-refractivity contribution in [1.29, 1.82) is 0 Å². The van der Waals surface area contributed by atoms with E-state index in [-0.39, 0.29) is 17.8 Å². The van der Waals surface area contributed by atoms with Crippen molar-refractivity contribution in [3.63, 3.8) is 0 Å². The molecular formula is C16H18ClFN2O. The zero-order valence-electron chi connectivity index (χ0n) is 12.0. The highest BCUT2D eigenvalue weighted by Crippen LogP contribution is 2.31. The zero-order chi connectivity index (χ0) is 15.2. The zero-order valence-corrected chi connectivity index (χ0v) is 12.7. The van der Waals surface area contributed by atoms with E-state index in [1.54, 1.807) is 19.1 Å². The minimum absolute atomic E-state index is 0.260. The molecule has 5 heteroatoms. The predicted octanol–water partition coefficient (Wildman–Crippen LogP) is 2.76. The summed E-state index contributed by atoms with van der Waals surface area (Å²) in [6, 6.07) is 4.40. The molecule has 21 heavy (non-hydrogen) atoms. The number of nitrogens with one attached hydrogen (secondary N) is 1. The van der Waals surface area contributed by atoms with Crippen molar-refractivity contribution in [2.75, 3.05) is 19.6 Å². The van der Waals surface area contributed by atoms with Gasteiger partial charge in [0.05, 0.1) is 6.04 Å². The molecular weight excluding hydrogens is 291 g/mol. The third kappa shape index (κ3) is 3.96. The summed E-state index contributed by atoms with van der Waals surface area (Å²) in [5.74, 6) is 4.28. The highest BCUT2D eigenvalue weighted by Gasteiger charge is 2.27. The van der Waals surface area contributed by atoms with Gasteiger partial charge >= 0.3 is 0 Å². The number of hydrogen-bond acceptors (Lipinski definition) is 2. The molecule has 0 radical (unpaired) electrons. The molecule has 112 valence electrons. The van der Waals surface area contributed by atoms with E-state index in [1.807, 2.05) is 0 Å². The van der Waals surface area contributed by atoms with Crippen LogP contribution in [0.2, 0.25) is 5.02 Å². The van der Waals surface area contributed by atoms with Crippen molar-refractivity contribution in [3.8, 4) is 11.8 Å². The lowest BCUT2D eigenvalue weighted by molar-refractivity contribution is -0.115. The summed E-state index contributed by atoms with van der Waals surface area (Å²) < 4.78 is 14.2. The Bertz CT molecular complexity index is 553. The van der Waals surface area contributed by atoms with E-state index in [2.05, 4.69) is 22.1 Å². The summed E-state index contributed by atoms with van der Waals surface area (Å²) in [5, 5.41) is 3.13. The van der Waals surface area contributed by atoms with Gasteiger partial charge in [-0.15, -0.1) is 0 Å². The minimum Gasteiger partial charge on any atom is -0.343 e. The molecule has 3 nitrogen and oxygen atoms in total. The first-order valence-electron chi connectivity index (χ1n) is 7.02. The van der Waals surface area contributed by atoms with Crippen LogP contribution in [0, 0.1) is 17.7 Å². The number of halogens is 2. The van der Waals surface area contributed by atoms with Crippen LogP contribution in [0.4, 0.5) is 4.39 Å². The van der Waals surface area contributed by atoms with Gasteiger partial charge in [0.2, 0.25) is 0 Å². The van der Waals surface area contributed by atoms with E-state index in [4.69, 9.17) is 11.6 Å². The average molecular weight is 309 g/mol. The summed E-state index contributed by atoms with van der Waals surface area (Å²) in [7, 11) is 0. The maximum absolute atomic E-state index is 14.2. The van der Waals surface area contributed by atoms with Crippen LogP contribution in [0.3, 0.4) is 0 Å². The molecule has 0 aliphatic carbocycles. The van der Waals surface area contributed by atoms with Crippen LogP contribution in [0.25, 0.3) is 0 Å². The lowest BCUT2D eigenvalue weighted by Gasteiger charge is -2.28. The van der Waals surface area contributed by atoms with Crippen molar-refractivity contribution < 1.29 is 9.18 Å². The van der Waals surface area contributed by atoms with Gasteiger partial charge in [-0.25, -0.2) is 4.39 Å². The molecule has 1 heterocycles. The highest BCUT2D eigenvalue weighted by molar-refractivity contribution is 6.31. The monoisotopic (exact) mass is 308 g/mol. The molecule has 0 aromatic heterocycles. The Kier molecular flexibility index (Phi) is 5.60. The Morgan fingerprint density at radius 1 is 1.48 bits per heavy atom. The Morgan fingerprint density at radius 2 is 2.19 bits per heavy atom. The lowest BCUT2D eigenvalue weighted by Crippen LogP contribution is -2.37. The minimum atomic E-state index is -0.353. The molecule has 1 atom stereocenters. The van der Waals surface area contributed by atoms with E-state index < -0.39 is 0 Å². The maximum Gasteiger partial charge on any atom is 0.295 e. The van der Waals surface area contributed by atoms with Crippen molar-refractivity contribution in [3.05, 3.63) is 34.6 Å². The molecule has 1 saturated heterocycles. The molecule has 0 spiro atoms. The van der Waals surface area contributed by atoms with Gasteiger partial charge in [0.15, 0.2) is 0 Å². The van der Waals surface area contributed by atoms with Gasteiger partial charge in [-0.05, 0) is 50.9 Å². The number of carbonyl (C=O) groups excluding carboxylic acids is 1. The molecule has 1 N–H and O–H groups in total. The lowest BCUT2D eigenvalue weighted by atomic mass is 10.0. The molecule has 0 saturated carbocycles. The Labute approximate surface area is 129 Å². The summed E-state index contributed by atoms with van der Waals surface area (Å²) in [5.41, 5.74) is 0.450. The van der Waals surface area contributed by atoms with E-state index in [0.717, 1.165) is 25.9 Å². The van der Waals surface area contributed by atoms with E-state index in [0.29, 0.717) is 17.1 Å².